The number of methoxy groups -OCH3 is 2. The first-order valence-corrected chi connectivity index (χ1v) is 10.3. The van der Waals surface area contributed by atoms with E-state index in [0.717, 1.165) is 5.56 Å². The zero-order chi connectivity index (χ0) is 23.1. The number of esters is 1. The summed E-state index contributed by atoms with van der Waals surface area (Å²) in [6, 6.07) is 15.4. The Morgan fingerprint density at radius 2 is 1.76 bits per heavy atom. The van der Waals surface area contributed by atoms with Crippen LogP contribution >= 0.6 is 0 Å². The van der Waals surface area contributed by atoms with Gasteiger partial charge in [0.1, 0.15) is 17.2 Å². The number of hydrogen-bond donors (Lipinski definition) is 1. The second kappa shape index (κ2) is 8.02. The fourth-order valence-corrected chi connectivity index (χ4v) is 4.23. The largest absolute Gasteiger partial charge is 0.504 e. The summed E-state index contributed by atoms with van der Waals surface area (Å²) in [6.07, 6.45) is 1.70. The third-order valence-electron chi connectivity index (χ3n) is 5.81. The van der Waals surface area contributed by atoms with Crippen molar-refractivity contribution in [1.82, 2.24) is 0 Å². The maximum absolute atomic E-state index is 13.1. The maximum atomic E-state index is 13.1. The summed E-state index contributed by atoms with van der Waals surface area (Å²) in [7, 11) is 3.01. The molecule has 0 saturated carbocycles. The molecule has 1 atom stereocenters. The highest BCUT2D eigenvalue weighted by Gasteiger charge is 2.38. The fraction of sp³-hybridized carbons (Fsp3) is 0.154. The Kier molecular flexibility index (Phi) is 5.01. The second-order valence-corrected chi connectivity index (χ2v) is 7.70. The van der Waals surface area contributed by atoms with Crippen molar-refractivity contribution in [2.75, 3.05) is 14.2 Å². The molecule has 0 aliphatic carbocycles. The van der Waals surface area contributed by atoms with E-state index in [-0.39, 0.29) is 29.5 Å². The predicted octanol–water partition coefficient (Wildman–Crippen LogP) is 4.47. The van der Waals surface area contributed by atoms with E-state index in [1.54, 1.807) is 43.5 Å². The highest BCUT2D eigenvalue weighted by Crippen LogP contribution is 2.49. The number of benzene rings is 3. The average Bonchev–Trinajstić information content (AvgIpc) is 3.14. The molecule has 3 aromatic rings. The van der Waals surface area contributed by atoms with E-state index in [9.17, 15) is 14.7 Å². The number of ketones is 1. The van der Waals surface area contributed by atoms with Crippen molar-refractivity contribution in [2.45, 2.75) is 12.3 Å². The Hall–Kier alpha value is -4.26. The summed E-state index contributed by atoms with van der Waals surface area (Å²) in [5, 5.41) is 9.98. The molecule has 5 rings (SSSR count). The van der Waals surface area contributed by atoms with Crippen LogP contribution in [0.25, 0.3) is 6.08 Å². The second-order valence-electron chi connectivity index (χ2n) is 7.70. The van der Waals surface area contributed by atoms with Gasteiger partial charge in [0.15, 0.2) is 17.3 Å². The minimum atomic E-state index is -0.441. The molecule has 7 nitrogen and oxygen atoms in total. The zero-order valence-corrected chi connectivity index (χ0v) is 18.0. The molecular weight excluding hydrogens is 424 g/mol. The van der Waals surface area contributed by atoms with Gasteiger partial charge in [-0.1, -0.05) is 24.3 Å². The van der Waals surface area contributed by atoms with Gasteiger partial charge in [-0.15, -0.1) is 0 Å². The quantitative estimate of drug-likeness (QED) is 0.361. The molecule has 0 amide bonds. The third-order valence-corrected chi connectivity index (χ3v) is 5.81. The number of carbonyl (C=O) groups excluding carboxylic acids is 2. The number of Topliss-reactive ketones (excluding diaryl/α,β-unsaturated/α-hetero) is 1. The molecule has 0 saturated heterocycles. The predicted molar refractivity (Wildman–Crippen MR) is 119 cm³/mol. The summed E-state index contributed by atoms with van der Waals surface area (Å²) in [6.45, 7) is 0. The summed E-state index contributed by atoms with van der Waals surface area (Å²) >= 11 is 0. The molecule has 0 radical (unpaired) electrons. The van der Waals surface area contributed by atoms with Gasteiger partial charge in [0.25, 0.3) is 0 Å². The van der Waals surface area contributed by atoms with E-state index in [2.05, 4.69) is 0 Å². The van der Waals surface area contributed by atoms with Crippen molar-refractivity contribution < 1.29 is 33.6 Å². The normalized spacial score (nSPS) is 17.8. The fourth-order valence-electron chi connectivity index (χ4n) is 4.23. The van der Waals surface area contributed by atoms with Crippen LogP contribution in [0, 0.1) is 0 Å². The van der Waals surface area contributed by atoms with Gasteiger partial charge < -0.3 is 24.1 Å². The lowest BCUT2D eigenvalue weighted by atomic mass is 9.84. The van der Waals surface area contributed by atoms with Crippen LogP contribution in [0.5, 0.6) is 28.7 Å². The maximum Gasteiger partial charge on any atom is 0.312 e. The van der Waals surface area contributed by atoms with Gasteiger partial charge in [0.2, 0.25) is 5.78 Å². The summed E-state index contributed by atoms with van der Waals surface area (Å²) in [5.41, 5.74) is 2.44. The number of ether oxygens (including phenoxy) is 4. The molecule has 33 heavy (non-hydrogen) atoms. The van der Waals surface area contributed by atoms with Gasteiger partial charge in [-0.25, -0.2) is 0 Å². The first-order valence-electron chi connectivity index (χ1n) is 10.3. The van der Waals surface area contributed by atoms with Crippen LogP contribution in [0.4, 0.5) is 0 Å². The number of para-hydroxylation sites is 1. The molecule has 7 heteroatoms. The van der Waals surface area contributed by atoms with Crippen LogP contribution in [0.2, 0.25) is 0 Å². The number of carbonyl (C=O) groups is 2. The Labute approximate surface area is 189 Å². The van der Waals surface area contributed by atoms with Crippen molar-refractivity contribution in [2.24, 2.45) is 0 Å². The number of phenolic OH excluding ortho intramolecular Hbond substituents is 1. The lowest BCUT2D eigenvalue weighted by molar-refractivity contribution is -0.135. The summed E-state index contributed by atoms with van der Waals surface area (Å²) in [5.74, 6) is 0.650. The van der Waals surface area contributed by atoms with Gasteiger partial charge in [-0.05, 0) is 42.0 Å². The van der Waals surface area contributed by atoms with E-state index in [0.29, 0.717) is 33.9 Å². The molecule has 2 aliphatic rings. The Balaban J connectivity index is 1.62. The standard InChI is InChI=1S/C26H20O7/c1-30-19-6-4-3-5-15(19)12-22-25(29)16-8-10-20-24(26(16)33-22)17(13-23(28)32-20)14-7-9-18(27)21(11-14)31-2/h3-12,17,27H,13H2,1-2H3/b22-12-/t17-/m0/s1. The van der Waals surface area contributed by atoms with E-state index >= 15 is 0 Å². The topological polar surface area (TPSA) is 91.3 Å². The van der Waals surface area contributed by atoms with Crippen molar-refractivity contribution in [1.29, 1.82) is 0 Å². The first kappa shape index (κ1) is 20.6. The number of fused-ring (bicyclic) bond motifs is 3. The average molecular weight is 444 g/mol. The highest BCUT2D eigenvalue weighted by molar-refractivity contribution is 6.15. The lowest BCUT2D eigenvalue weighted by Crippen LogP contribution is -2.21. The first-order chi connectivity index (χ1) is 16.0. The Morgan fingerprint density at radius 3 is 2.55 bits per heavy atom. The summed E-state index contributed by atoms with van der Waals surface area (Å²) in [4.78, 5) is 25.5. The Bertz CT molecular complexity index is 1320. The molecule has 0 aromatic heterocycles. The smallest absolute Gasteiger partial charge is 0.312 e. The molecule has 0 bridgehead atoms. The van der Waals surface area contributed by atoms with Crippen LogP contribution in [0.3, 0.4) is 0 Å². The van der Waals surface area contributed by atoms with Crippen LogP contribution in [0.1, 0.15) is 39.4 Å². The number of allylic oxidation sites excluding steroid dienone is 1. The van der Waals surface area contributed by atoms with Gasteiger partial charge in [-0.3, -0.25) is 9.59 Å². The molecule has 0 unspecified atom stereocenters. The molecule has 0 spiro atoms. The molecule has 3 aromatic carbocycles. The van der Waals surface area contributed by atoms with Crippen LogP contribution in [-0.4, -0.2) is 31.1 Å². The van der Waals surface area contributed by atoms with Crippen molar-refractivity contribution >= 4 is 17.8 Å². The third kappa shape index (κ3) is 3.47. The minimum absolute atomic E-state index is 0.00777. The van der Waals surface area contributed by atoms with Gasteiger partial charge in [0, 0.05) is 17.0 Å². The van der Waals surface area contributed by atoms with Crippen molar-refractivity contribution in [3.05, 3.63) is 82.6 Å². The molecule has 166 valence electrons. The van der Waals surface area contributed by atoms with Crippen molar-refractivity contribution in [3.8, 4) is 28.7 Å². The molecule has 2 aliphatic heterocycles. The summed E-state index contributed by atoms with van der Waals surface area (Å²) < 4.78 is 22.1. The minimum Gasteiger partial charge on any atom is -0.504 e. The number of hydrogen-bond acceptors (Lipinski definition) is 7. The van der Waals surface area contributed by atoms with E-state index in [4.69, 9.17) is 18.9 Å². The molecule has 0 fully saturated rings. The highest BCUT2D eigenvalue weighted by atomic mass is 16.5. The number of rotatable bonds is 4. The Morgan fingerprint density at radius 1 is 0.970 bits per heavy atom. The molecule has 2 heterocycles. The van der Waals surface area contributed by atoms with E-state index in [1.807, 2.05) is 18.2 Å². The number of phenols is 1. The lowest BCUT2D eigenvalue weighted by Gasteiger charge is -2.26. The van der Waals surface area contributed by atoms with Gasteiger partial charge in [0.05, 0.1) is 26.2 Å². The monoisotopic (exact) mass is 444 g/mol. The SMILES string of the molecule is COc1cc([C@@H]2CC(=O)Oc3ccc4c(c32)O/C(=C\c2ccccc2OC)C4=O)ccc1O. The number of aromatic hydroxyl groups is 1. The van der Waals surface area contributed by atoms with Crippen molar-refractivity contribution in [3.63, 3.8) is 0 Å². The molecular formula is C26H20O7. The molecule has 1 N–H and O–H groups in total. The van der Waals surface area contributed by atoms with E-state index in [1.165, 1.54) is 13.2 Å². The zero-order valence-electron chi connectivity index (χ0n) is 18.0. The van der Waals surface area contributed by atoms with Gasteiger partial charge >= 0.3 is 5.97 Å². The van der Waals surface area contributed by atoms with Crippen LogP contribution < -0.4 is 18.9 Å². The van der Waals surface area contributed by atoms with Crippen LogP contribution in [0.15, 0.2) is 60.4 Å². The van der Waals surface area contributed by atoms with E-state index < -0.39 is 11.9 Å². The van der Waals surface area contributed by atoms with Gasteiger partial charge in [-0.2, -0.15) is 0 Å². The van der Waals surface area contributed by atoms with Crippen LogP contribution in [-0.2, 0) is 4.79 Å².